The molecule has 0 saturated carbocycles. The number of halogens is 3. The molecule has 0 aliphatic carbocycles. The number of aromatic amines is 1. The Labute approximate surface area is 160 Å². The number of alkyl halides is 3. The van der Waals surface area contributed by atoms with Gasteiger partial charge in [-0.3, -0.25) is 4.79 Å². The van der Waals surface area contributed by atoms with Gasteiger partial charge in [-0.15, -0.1) is 0 Å². The molecule has 26 heavy (non-hydrogen) atoms. The second kappa shape index (κ2) is 6.88. The van der Waals surface area contributed by atoms with E-state index in [0.29, 0.717) is 0 Å². The highest BCUT2D eigenvalue weighted by Gasteiger charge is 2.33. The van der Waals surface area contributed by atoms with E-state index in [1.165, 1.54) is 0 Å². The molecule has 1 aromatic heterocycles. The number of sulfonamides is 1. The highest BCUT2D eigenvalue weighted by atomic mass is 127. The van der Waals surface area contributed by atoms with Gasteiger partial charge in [-0.25, -0.2) is 18.0 Å². The lowest BCUT2D eigenvalue weighted by atomic mass is 9.93. The van der Waals surface area contributed by atoms with Gasteiger partial charge >= 0.3 is 9.62 Å². The monoisotopic (exact) mass is 503 g/mol. The van der Waals surface area contributed by atoms with Crippen molar-refractivity contribution in [3.63, 3.8) is 0 Å². The molecule has 8 nitrogen and oxygen atoms in total. The molecule has 0 spiro atoms. The number of nitrogens with one attached hydrogen (secondary N) is 2. The maximum Gasteiger partial charge on any atom is 0.348 e. The molecule has 1 unspecified atom stereocenters. The summed E-state index contributed by atoms with van der Waals surface area (Å²) in [5.74, 6) is -0.427. The molecule has 1 aromatic carbocycles. The van der Waals surface area contributed by atoms with Crippen molar-refractivity contribution in [1.82, 2.24) is 9.66 Å². The summed E-state index contributed by atoms with van der Waals surface area (Å²) in [5.41, 5.74) is -3.10. The van der Waals surface area contributed by atoms with Gasteiger partial charge in [0.15, 0.2) is 0 Å². The second-order valence-corrected chi connectivity index (χ2v) is 9.19. The van der Waals surface area contributed by atoms with Crippen molar-refractivity contribution in [3.05, 3.63) is 44.1 Å². The summed E-state index contributed by atoms with van der Waals surface area (Å²) in [7, 11) is -3.94. The Morgan fingerprint density at radius 2 is 1.88 bits per heavy atom. The number of hydrogen-bond acceptors (Lipinski definition) is 5. The minimum absolute atomic E-state index is 0.179. The summed E-state index contributed by atoms with van der Waals surface area (Å²) in [6, 6.07) is 1.96. The van der Waals surface area contributed by atoms with Crippen molar-refractivity contribution in [2.24, 2.45) is 5.92 Å². The Hall–Kier alpha value is -1.54. The number of H-pyrrole nitrogens is 1. The fraction of sp³-hybridized carbons (Fsp3) is 0.429. The molecule has 144 valence electrons. The van der Waals surface area contributed by atoms with E-state index in [0.717, 1.165) is 41.0 Å². The van der Waals surface area contributed by atoms with Crippen LogP contribution in [0.5, 0.6) is 0 Å². The van der Waals surface area contributed by atoms with Crippen molar-refractivity contribution in [2.75, 3.05) is 11.1 Å². The highest BCUT2D eigenvalue weighted by Crippen LogP contribution is 2.41. The van der Waals surface area contributed by atoms with E-state index in [-0.39, 0.29) is 21.1 Å². The van der Waals surface area contributed by atoms with Crippen molar-refractivity contribution >= 4 is 43.5 Å². The number of rotatable bonds is 5. The Morgan fingerprint density at radius 3 is 2.35 bits per heavy atom. The lowest BCUT2D eigenvalue weighted by Gasteiger charge is -2.22. The van der Waals surface area contributed by atoms with Crippen LogP contribution in [0, 0.1) is 5.92 Å². The summed E-state index contributed by atoms with van der Waals surface area (Å²) in [6.07, 6.45) is -0.547. The normalized spacial score (nSPS) is 14.0. The average molecular weight is 503 g/mol. The summed E-state index contributed by atoms with van der Waals surface area (Å²) < 4.78 is 47.5. The zero-order chi connectivity index (χ0) is 20.0. The quantitative estimate of drug-likeness (QED) is 0.421. The molecular weight excluding hydrogens is 487 g/mol. The fourth-order valence-corrected chi connectivity index (χ4v) is 3.34. The smallest absolute Gasteiger partial charge is 0.348 e. The number of aromatic nitrogens is 2. The van der Waals surface area contributed by atoms with Crippen LogP contribution in [0.25, 0.3) is 10.9 Å². The van der Waals surface area contributed by atoms with Gasteiger partial charge in [0.05, 0.1) is 23.3 Å². The molecule has 0 amide bonds. The molecule has 0 fully saturated rings. The number of fused-ring (bicyclic) bond motifs is 1. The first-order valence-corrected chi connectivity index (χ1v) is 10.3. The molecule has 0 saturated heterocycles. The first-order valence-electron chi connectivity index (χ1n) is 7.28. The maximum atomic E-state index is 14.0. The van der Waals surface area contributed by atoms with E-state index < -0.39 is 42.8 Å². The summed E-state index contributed by atoms with van der Waals surface area (Å²) in [5, 5.41) is 10.1. The van der Waals surface area contributed by atoms with Crippen LogP contribution in [0.2, 0.25) is 0 Å². The van der Waals surface area contributed by atoms with E-state index in [4.69, 9.17) is 0 Å². The SMILES string of the molecule is CC(C)C(O)c1cc2c(=O)n(NS(C)(=O)=O)c(=O)[nH]c2cc1C(F)(F)I. The minimum Gasteiger partial charge on any atom is -0.388 e. The zero-order valence-corrected chi connectivity index (χ0v) is 16.9. The van der Waals surface area contributed by atoms with Crippen molar-refractivity contribution in [1.29, 1.82) is 0 Å². The third-order valence-electron chi connectivity index (χ3n) is 3.58. The lowest BCUT2D eigenvalue weighted by Crippen LogP contribution is -2.43. The Bertz CT molecular complexity index is 1070. The maximum absolute atomic E-state index is 14.0. The molecular formula is C14H16F2IN3O5S. The predicted molar refractivity (Wildman–Crippen MR) is 101 cm³/mol. The largest absolute Gasteiger partial charge is 0.388 e. The molecule has 1 heterocycles. The van der Waals surface area contributed by atoms with Crippen LogP contribution in [-0.4, -0.2) is 29.4 Å². The predicted octanol–water partition coefficient (Wildman–Crippen LogP) is 1.37. The third-order valence-corrected chi connectivity index (χ3v) is 4.68. The zero-order valence-electron chi connectivity index (χ0n) is 13.9. The molecule has 0 aliphatic heterocycles. The number of benzene rings is 1. The van der Waals surface area contributed by atoms with Gasteiger partial charge in [0.25, 0.3) is 5.56 Å². The standard InChI is InChI=1S/C14H16F2IN3O5S/c1-6(2)11(21)7-4-8-10(5-9(7)14(15,16)17)18-13(23)20(12(8)22)19-26(3,24)25/h4-6,11,19,21H,1-3H3,(H,18,23). The summed E-state index contributed by atoms with van der Waals surface area (Å²) in [4.78, 5) is 28.4. The van der Waals surface area contributed by atoms with E-state index in [9.17, 15) is 31.9 Å². The number of nitrogens with zero attached hydrogens (tertiary/aromatic N) is 1. The fourth-order valence-electron chi connectivity index (χ4n) is 2.38. The second-order valence-electron chi connectivity index (χ2n) is 6.11. The van der Waals surface area contributed by atoms with Crippen molar-refractivity contribution in [3.8, 4) is 0 Å². The van der Waals surface area contributed by atoms with Gasteiger partial charge in [-0.2, -0.15) is 13.5 Å². The van der Waals surface area contributed by atoms with Gasteiger partial charge in [-0.05, 0) is 23.6 Å². The molecule has 3 N–H and O–H groups in total. The van der Waals surface area contributed by atoms with Crippen LogP contribution in [0.4, 0.5) is 8.78 Å². The number of aliphatic hydroxyl groups excluding tert-OH is 1. The van der Waals surface area contributed by atoms with E-state index in [1.54, 1.807) is 18.7 Å². The van der Waals surface area contributed by atoms with Crippen LogP contribution in [0.3, 0.4) is 0 Å². The van der Waals surface area contributed by atoms with Crippen LogP contribution in [0.1, 0.15) is 31.1 Å². The van der Waals surface area contributed by atoms with Crippen LogP contribution in [-0.2, 0) is 14.0 Å². The van der Waals surface area contributed by atoms with Crippen molar-refractivity contribution < 1.29 is 22.3 Å². The molecule has 0 aliphatic rings. The molecule has 0 bridgehead atoms. The third kappa shape index (κ3) is 4.23. The molecule has 1 atom stereocenters. The highest BCUT2D eigenvalue weighted by molar-refractivity contribution is 14.1. The van der Waals surface area contributed by atoms with Gasteiger partial charge in [-0.1, -0.05) is 13.8 Å². The van der Waals surface area contributed by atoms with Gasteiger partial charge in [0, 0.05) is 28.2 Å². The van der Waals surface area contributed by atoms with E-state index in [1.807, 2.05) is 0 Å². The Balaban J connectivity index is 2.91. The van der Waals surface area contributed by atoms with Crippen LogP contribution < -0.4 is 16.1 Å². The first kappa shape index (κ1) is 20.8. The molecule has 2 aromatic rings. The minimum atomic E-state index is -3.94. The number of aliphatic hydroxyl groups is 1. The van der Waals surface area contributed by atoms with Gasteiger partial charge in [0.2, 0.25) is 10.0 Å². The van der Waals surface area contributed by atoms with E-state index >= 15 is 0 Å². The number of hydrogen-bond donors (Lipinski definition) is 3. The topological polar surface area (TPSA) is 121 Å². The van der Waals surface area contributed by atoms with Crippen molar-refractivity contribution in [2.45, 2.75) is 23.9 Å². The van der Waals surface area contributed by atoms with Gasteiger partial charge < -0.3 is 10.1 Å². The first-order chi connectivity index (χ1) is 11.7. The molecule has 0 radical (unpaired) electrons. The van der Waals surface area contributed by atoms with Crippen LogP contribution >= 0.6 is 22.6 Å². The Morgan fingerprint density at radius 1 is 1.31 bits per heavy atom. The Kier molecular flexibility index (Phi) is 5.50. The average Bonchev–Trinajstić information content (AvgIpc) is 2.47. The summed E-state index contributed by atoms with van der Waals surface area (Å²) in [6.45, 7) is 3.22. The van der Waals surface area contributed by atoms with Gasteiger partial charge in [0.1, 0.15) is 0 Å². The summed E-state index contributed by atoms with van der Waals surface area (Å²) >= 11 is 0.888. The van der Waals surface area contributed by atoms with E-state index in [2.05, 4.69) is 4.98 Å². The van der Waals surface area contributed by atoms with Crippen LogP contribution in [0.15, 0.2) is 21.7 Å². The lowest BCUT2D eigenvalue weighted by molar-refractivity contribution is 0.102. The molecule has 2 rings (SSSR count). The molecule has 12 heteroatoms.